The van der Waals surface area contributed by atoms with Crippen molar-refractivity contribution in [1.29, 1.82) is 0 Å². The molecular weight excluding hydrogens is 345 g/mol. The molecule has 2 amide bonds. The van der Waals surface area contributed by atoms with Crippen molar-refractivity contribution < 1.29 is 14.0 Å². The predicted octanol–water partition coefficient (Wildman–Crippen LogP) is 1.80. The average molecular weight is 373 g/mol. The second-order valence-corrected chi connectivity index (χ2v) is 8.30. The first kappa shape index (κ1) is 18.4. The van der Waals surface area contributed by atoms with Gasteiger partial charge < -0.3 is 15.5 Å². The number of amides is 2. The van der Waals surface area contributed by atoms with Crippen LogP contribution in [0.4, 0.5) is 4.39 Å². The smallest absolute Gasteiger partial charge is 0.227 e. The second-order valence-electron chi connectivity index (χ2n) is 8.30. The summed E-state index contributed by atoms with van der Waals surface area (Å²) in [4.78, 5) is 29.4. The Hall–Kier alpha value is -1.95. The Labute approximate surface area is 159 Å². The van der Waals surface area contributed by atoms with Gasteiger partial charge in [0.1, 0.15) is 5.82 Å². The Morgan fingerprint density at radius 2 is 1.81 bits per heavy atom. The highest BCUT2D eigenvalue weighted by molar-refractivity contribution is 5.81. The lowest BCUT2D eigenvalue weighted by Gasteiger charge is -2.32. The lowest BCUT2D eigenvalue weighted by Crippen LogP contribution is -2.48. The number of carbonyl (C=O) groups excluding carboxylic acids is 2. The van der Waals surface area contributed by atoms with E-state index in [0.29, 0.717) is 43.6 Å². The summed E-state index contributed by atoms with van der Waals surface area (Å²) in [6.45, 7) is 2.42. The van der Waals surface area contributed by atoms with Crippen LogP contribution in [0.1, 0.15) is 31.2 Å². The Kier molecular flexibility index (Phi) is 5.17. The van der Waals surface area contributed by atoms with E-state index in [1.165, 1.54) is 12.1 Å². The molecule has 27 heavy (non-hydrogen) atoms. The molecule has 5 nitrogen and oxygen atoms in total. The fourth-order valence-electron chi connectivity index (χ4n) is 5.23. The van der Waals surface area contributed by atoms with Crippen molar-refractivity contribution in [2.45, 2.75) is 38.1 Å². The average Bonchev–Trinajstić information content (AvgIpc) is 3.13. The highest BCUT2D eigenvalue weighted by atomic mass is 19.1. The minimum atomic E-state index is -0.324. The molecule has 1 aromatic rings. The van der Waals surface area contributed by atoms with Crippen LogP contribution in [-0.2, 0) is 16.0 Å². The first-order chi connectivity index (χ1) is 13.0. The zero-order chi connectivity index (χ0) is 19.0. The van der Waals surface area contributed by atoms with E-state index in [4.69, 9.17) is 5.73 Å². The van der Waals surface area contributed by atoms with Crippen molar-refractivity contribution in [2.75, 3.05) is 26.2 Å². The zero-order valence-electron chi connectivity index (χ0n) is 15.6. The Balaban J connectivity index is 1.35. The lowest BCUT2D eigenvalue weighted by molar-refractivity contribution is -0.138. The molecule has 6 heteroatoms. The molecule has 1 aliphatic heterocycles. The molecule has 1 aromatic carbocycles. The van der Waals surface area contributed by atoms with E-state index in [1.54, 1.807) is 17.0 Å². The van der Waals surface area contributed by atoms with Gasteiger partial charge in [-0.2, -0.15) is 0 Å². The molecule has 2 bridgehead atoms. The van der Waals surface area contributed by atoms with Gasteiger partial charge in [0, 0.05) is 32.2 Å². The highest BCUT2D eigenvalue weighted by Crippen LogP contribution is 2.48. The number of rotatable bonds is 3. The Morgan fingerprint density at radius 3 is 2.56 bits per heavy atom. The van der Waals surface area contributed by atoms with Crippen molar-refractivity contribution in [3.8, 4) is 0 Å². The topological polar surface area (TPSA) is 66.6 Å². The summed E-state index contributed by atoms with van der Waals surface area (Å²) in [5, 5.41) is 0. The summed E-state index contributed by atoms with van der Waals surface area (Å²) in [6, 6.07) is 6.18. The summed E-state index contributed by atoms with van der Waals surface area (Å²) in [5.41, 5.74) is 7.03. The van der Waals surface area contributed by atoms with E-state index < -0.39 is 0 Å². The number of carbonyl (C=O) groups is 2. The van der Waals surface area contributed by atoms with Gasteiger partial charge in [0.25, 0.3) is 0 Å². The first-order valence-electron chi connectivity index (χ1n) is 10.1. The van der Waals surface area contributed by atoms with Crippen molar-refractivity contribution in [3.05, 3.63) is 35.6 Å². The van der Waals surface area contributed by atoms with Gasteiger partial charge in [0.05, 0.1) is 12.3 Å². The van der Waals surface area contributed by atoms with E-state index in [-0.39, 0.29) is 36.0 Å². The van der Waals surface area contributed by atoms with Gasteiger partial charge in [0.15, 0.2) is 0 Å². The van der Waals surface area contributed by atoms with Gasteiger partial charge in [-0.1, -0.05) is 12.1 Å². The molecule has 3 fully saturated rings. The third-order valence-electron chi connectivity index (χ3n) is 6.67. The van der Waals surface area contributed by atoms with Gasteiger partial charge in [-0.25, -0.2) is 4.39 Å². The van der Waals surface area contributed by atoms with Crippen molar-refractivity contribution >= 4 is 11.8 Å². The fraction of sp³-hybridized carbons (Fsp3) is 0.619. The van der Waals surface area contributed by atoms with Gasteiger partial charge in [-0.3, -0.25) is 9.59 Å². The van der Waals surface area contributed by atoms with E-state index >= 15 is 0 Å². The molecule has 0 aromatic heterocycles. The SMILES string of the molecule is NC1C2CCC(C2)C1C(=O)N1CCCN(C(=O)Cc2cccc(F)c2)CC1. The number of hydrogen-bond donors (Lipinski definition) is 1. The molecule has 3 aliphatic rings. The Morgan fingerprint density at radius 1 is 1.07 bits per heavy atom. The molecule has 2 N–H and O–H groups in total. The number of halogens is 1. The molecule has 146 valence electrons. The van der Waals surface area contributed by atoms with Gasteiger partial charge in [-0.05, 0) is 55.2 Å². The van der Waals surface area contributed by atoms with E-state index in [9.17, 15) is 14.0 Å². The molecule has 4 atom stereocenters. The van der Waals surface area contributed by atoms with E-state index in [2.05, 4.69) is 0 Å². The minimum Gasteiger partial charge on any atom is -0.341 e. The maximum atomic E-state index is 13.3. The first-order valence-corrected chi connectivity index (χ1v) is 10.1. The molecular formula is C21H28FN3O2. The maximum Gasteiger partial charge on any atom is 0.227 e. The molecule has 2 aliphatic carbocycles. The molecule has 4 unspecified atom stereocenters. The van der Waals surface area contributed by atoms with Crippen LogP contribution in [0.25, 0.3) is 0 Å². The third-order valence-corrected chi connectivity index (χ3v) is 6.67. The summed E-state index contributed by atoms with van der Waals surface area (Å²) >= 11 is 0. The van der Waals surface area contributed by atoms with Crippen LogP contribution in [0.5, 0.6) is 0 Å². The monoisotopic (exact) mass is 373 g/mol. The van der Waals surface area contributed by atoms with Crippen molar-refractivity contribution in [2.24, 2.45) is 23.5 Å². The summed E-state index contributed by atoms with van der Waals surface area (Å²) in [7, 11) is 0. The van der Waals surface area contributed by atoms with Crippen LogP contribution in [0.3, 0.4) is 0 Å². The lowest BCUT2D eigenvalue weighted by atomic mass is 9.84. The normalized spacial score (nSPS) is 30.4. The van der Waals surface area contributed by atoms with Crippen LogP contribution in [0.15, 0.2) is 24.3 Å². The molecule has 2 saturated carbocycles. The third kappa shape index (κ3) is 3.72. The number of benzene rings is 1. The van der Waals surface area contributed by atoms with Crippen LogP contribution >= 0.6 is 0 Å². The Bertz CT molecular complexity index is 723. The number of nitrogens with zero attached hydrogens (tertiary/aromatic N) is 2. The predicted molar refractivity (Wildman–Crippen MR) is 100 cm³/mol. The largest absolute Gasteiger partial charge is 0.341 e. The van der Waals surface area contributed by atoms with Crippen molar-refractivity contribution in [3.63, 3.8) is 0 Å². The molecule has 0 spiro atoms. The van der Waals surface area contributed by atoms with Gasteiger partial charge in [0.2, 0.25) is 11.8 Å². The standard InChI is InChI=1S/C21H28FN3O2/c22-17-4-1-3-14(11-17)12-18(26)24-7-2-8-25(10-9-24)21(27)19-15-5-6-16(13-15)20(19)23/h1,3-4,11,15-16,19-20H,2,5-10,12-13,23H2. The van der Waals surface area contributed by atoms with Crippen molar-refractivity contribution in [1.82, 2.24) is 9.80 Å². The highest BCUT2D eigenvalue weighted by Gasteiger charge is 2.50. The fourth-order valence-corrected chi connectivity index (χ4v) is 5.23. The van der Waals surface area contributed by atoms with Gasteiger partial charge >= 0.3 is 0 Å². The molecule has 4 rings (SSSR count). The van der Waals surface area contributed by atoms with Crippen LogP contribution in [0, 0.1) is 23.6 Å². The zero-order valence-corrected chi connectivity index (χ0v) is 15.6. The number of nitrogens with two attached hydrogens (primary N) is 1. The quantitative estimate of drug-likeness (QED) is 0.879. The number of fused-ring (bicyclic) bond motifs is 2. The van der Waals surface area contributed by atoms with Gasteiger partial charge in [-0.15, -0.1) is 0 Å². The van der Waals surface area contributed by atoms with Crippen LogP contribution < -0.4 is 5.73 Å². The van der Waals surface area contributed by atoms with Crippen LogP contribution in [-0.4, -0.2) is 53.8 Å². The summed E-state index contributed by atoms with van der Waals surface area (Å²) < 4.78 is 13.3. The molecule has 1 saturated heterocycles. The minimum absolute atomic E-state index is 0.00483. The summed E-state index contributed by atoms with van der Waals surface area (Å²) in [5.74, 6) is 0.792. The van der Waals surface area contributed by atoms with Crippen LogP contribution in [0.2, 0.25) is 0 Å². The second kappa shape index (κ2) is 7.58. The summed E-state index contributed by atoms with van der Waals surface area (Å²) in [6.07, 6.45) is 4.36. The van der Waals surface area contributed by atoms with E-state index in [1.807, 2.05) is 4.90 Å². The van der Waals surface area contributed by atoms with E-state index in [0.717, 1.165) is 25.7 Å². The number of hydrogen-bond acceptors (Lipinski definition) is 3. The maximum absolute atomic E-state index is 13.3. The molecule has 0 radical (unpaired) electrons. The molecule has 1 heterocycles.